The van der Waals surface area contributed by atoms with E-state index < -0.39 is 0 Å². The molecule has 0 atom stereocenters. The molecule has 0 saturated heterocycles. The van der Waals surface area contributed by atoms with Gasteiger partial charge in [-0.25, -0.2) is 9.97 Å². The predicted molar refractivity (Wildman–Crippen MR) is 110 cm³/mol. The van der Waals surface area contributed by atoms with Crippen LogP contribution >= 0.6 is 11.3 Å². The molecule has 3 aromatic heterocycles. The summed E-state index contributed by atoms with van der Waals surface area (Å²) in [5, 5.41) is 6.04. The Labute approximate surface area is 161 Å². The zero-order valence-electron chi connectivity index (χ0n) is 14.9. The van der Waals surface area contributed by atoms with Crippen molar-refractivity contribution in [2.75, 3.05) is 12.3 Å². The number of nitrogens with zero attached hydrogens (tertiary/aromatic N) is 3. The number of hydrogen-bond acceptors (Lipinski definition) is 5. The number of thiophene rings is 1. The van der Waals surface area contributed by atoms with Crippen molar-refractivity contribution in [2.45, 2.75) is 25.8 Å². The van der Waals surface area contributed by atoms with Crippen LogP contribution in [0.1, 0.15) is 17.7 Å². The molecule has 27 heavy (non-hydrogen) atoms. The van der Waals surface area contributed by atoms with Gasteiger partial charge >= 0.3 is 0 Å². The van der Waals surface area contributed by atoms with Crippen molar-refractivity contribution in [2.24, 2.45) is 0 Å². The van der Waals surface area contributed by atoms with E-state index in [1.807, 2.05) is 48.1 Å². The molecule has 0 bridgehead atoms. The van der Waals surface area contributed by atoms with E-state index in [0.717, 1.165) is 46.2 Å². The Kier molecular flexibility index (Phi) is 5.02. The average molecular weight is 379 g/mol. The minimum atomic E-state index is 0.0790. The number of nitrogen functional groups attached to an aromatic ring is 1. The summed E-state index contributed by atoms with van der Waals surface area (Å²) in [5.74, 6) is 0.540. The summed E-state index contributed by atoms with van der Waals surface area (Å²) in [5.41, 5.74) is 8.72. The highest BCUT2D eigenvalue weighted by Crippen LogP contribution is 2.27. The Bertz CT molecular complexity index is 1070. The Hall–Kier alpha value is -2.93. The molecular formula is C20H21N5OS. The number of unbranched alkanes of at least 4 members (excludes halogenated alkanes) is 1. The van der Waals surface area contributed by atoms with Gasteiger partial charge < -0.3 is 15.6 Å². The molecule has 0 fully saturated rings. The second-order valence-corrected chi connectivity index (χ2v) is 7.49. The first kappa shape index (κ1) is 17.5. The Morgan fingerprint density at radius 3 is 2.93 bits per heavy atom. The second kappa shape index (κ2) is 7.75. The van der Waals surface area contributed by atoms with E-state index >= 15 is 0 Å². The SMILES string of the molecule is Nc1nc2ccccc2c2c1ncn2CCCCNC(=O)Cc1cccs1. The lowest BCUT2D eigenvalue weighted by Gasteiger charge is -2.08. The fourth-order valence-electron chi connectivity index (χ4n) is 3.24. The van der Waals surface area contributed by atoms with Crippen LogP contribution in [0.2, 0.25) is 0 Å². The molecule has 0 aliphatic carbocycles. The van der Waals surface area contributed by atoms with Crippen molar-refractivity contribution in [3.05, 3.63) is 53.0 Å². The first-order valence-corrected chi connectivity index (χ1v) is 9.88. The lowest BCUT2D eigenvalue weighted by Crippen LogP contribution is -2.25. The molecule has 1 amide bonds. The van der Waals surface area contributed by atoms with Gasteiger partial charge in [0.2, 0.25) is 5.91 Å². The Balaban J connectivity index is 1.36. The van der Waals surface area contributed by atoms with Crippen LogP contribution in [-0.2, 0) is 17.8 Å². The number of pyridine rings is 1. The standard InChI is InChI=1S/C20H21N5OS/c21-20-18-19(15-7-1-2-8-16(15)24-20)25(13-23-18)10-4-3-9-22-17(26)12-14-6-5-11-27-14/h1-2,5-8,11,13H,3-4,9-10,12H2,(H2,21,24)(H,22,26). The van der Waals surface area contributed by atoms with E-state index in [9.17, 15) is 4.79 Å². The van der Waals surface area contributed by atoms with Crippen LogP contribution in [0.4, 0.5) is 5.82 Å². The molecule has 4 aromatic rings. The number of hydrogen-bond donors (Lipinski definition) is 2. The third-order valence-corrected chi connectivity index (χ3v) is 5.42. The molecule has 0 spiro atoms. The van der Waals surface area contributed by atoms with Crippen molar-refractivity contribution in [3.63, 3.8) is 0 Å². The van der Waals surface area contributed by atoms with E-state index in [0.29, 0.717) is 18.8 Å². The third kappa shape index (κ3) is 3.78. The summed E-state index contributed by atoms with van der Waals surface area (Å²) in [4.78, 5) is 21.9. The normalized spacial score (nSPS) is 11.3. The number of fused-ring (bicyclic) bond motifs is 3. The van der Waals surface area contributed by atoms with Gasteiger partial charge in [-0.2, -0.15) is 0 Å². The Morgan fingerprint density at radius 2 is 2.07 bits per heavy atom. The van der Waals surface area contributed by atoms with Gasteiger partial charge in [0, 0.05) is 23.4 Å². The quantitative estimate of drug-likeness (QED) is 0.482. The molecular weight excluding hydrogens is 358 g/mol. The van der Waals surface area contributed by atoms with Gasteiger partial charge in [-0.1, -0.05) is 24.3 Å². The number of para-hydroxylation sites is 1. The van der Waals surface area contributed by atoms with Crippen molar-refractivity contribution < 1.29 is 4.79 Å². The van der Waals surface area contributed by atoms with Gasteiger partial charge in [0.1, 0.15) is 5.52 Å². The third-order valence-electron chi connectivity index (χ3n) is 4.54. The molecule has 0 aliphatic rings. The molecule has 7 heteroatoms. The highest BCUT2D eigenvalue weighted by molar-refractivity contribution is 7.10. The zero-order valence-corrected chi connectivity index (χ0v) is 15.7. The largest absolute Gasteiger partial charge is 0.382 e. The molecule has 3 heterocycles. The van der Waals surface area contributed by atoms with Gasteiger partial charge in [0.05, 0.1) is 23.8 Å². The zero-order chi connectivity index (χ0) is 18.6. The Morgan fingerprint density at radius 1 is 1.19 bits per heavy atom. The number of anilines is 1. The first-order valence-electron chi connectivity index (χ1n) is 9.00. The van der Waals surface area contributed by atoms with Crippen LogP contribution in [0.3, 0.4) is 0 Å². The molecule has 6 nitrogen and oxygen atoms in total. The van der Waals surface area contributed by atoms with Crippen molar-refractivity contribution in [3.8, 4) is 0 Å². The van der Waals surface area contributed by atoms with Crippen LogP contribution in [0.5, 0.6) is 0 Å². The van der Waals surface area contributed by atoms with Crippen molar-refractivity contribution in [1.29, 1.82) is 0 Å². The molecule has 138 valence electrons. The van der Waals surface area contributed by atoms with E-state index in [4.69, 9.17) is 5.73 Å². The van der Waals surface area contributed by atoms with Crippen LogP contribution in [0, 0.1) is 0 Å². The highest BCUT2D eigenvalue weighted by Gasteiger charge is 2.11. The summed E-state index contributed by atoms with van der Waals surface area (Å²) in [7, 11) is 0. The fraction of sp³-hybridized carbons (Fsp3) is 0.250. The lowest BCUT2D eigenvalue weighted by atomic mass is 10.2. The topological polar surface area (TPSA) is 85.8 Å². The fourth-order valence-corrected chi connectivity index (χ4v) is 3.95. The van der Waals surface area contributed by atoms with E-state index in [1.54, 1.807) is 11.3 Å². The van der Waals surface area contributed by atoms with Crippen LogP contribution in [0.15, 0.2) is 48.1 Å². The number of benzene rings is 1. The highest BCUT2D eigenvalue weighted by atomic mass is 32.1. The van der Waals surface area contributed by atoms with Gasteiger partial charge in [-0.3, -0.25) is 4.79 Å². The maximum absolute atomic E-state index is 11.9. The monoisotopic (exact) mass is 379 g/mol. The summed E-state index contributed by atoms with van der Waals surface area (Å²) in [6.45, 7) is 1.51. The average Bonchev–Trinajstić information content (AvgIpc) is 3.32. The smallest absolute Gasteiger partial charge is 0.225 e. The van der Waals surface area contributed by atoms with Crippen LogP contribution in [0.25, 0.3) is 21.9 Å². The maximum Gasteiger partial charge on any atom is 0.225 e. The molecule has 4 rings (SSSR count). The first-order chi connectivity index (χ1) is 13.2. The number of imidazole rings is 1. The number of carbonyl (C=O) groups excluding carboxylic acids is 1. The minimum Gasteiger partial charge on any atom is -0.382 e. The number of aromatic nitrogens is 3. The molecule has 0 radical (unpaired) electrons. The van der Waals surface area contributed by atoms with E-state index in [2.05, 4.69) is 19.9 Å². The summed E-state index contributed by atoms with van der Waals surface area (Å²) < 4.78 is 2.13. The van der Waals surface area contributed by atoms with Crippen LogP contribution in [-0.4, -0.2) is 27.0 Å². The number of nitrogens with one attached hydrogen (secondary N) is 1. The predicted octanol–water partition coefficient (Wildman–Crippen LogP) is 3.37. The van der Waals surface area contributed by atoms with Crippen molar-refractivity contribution in [1.82, 2.24) is 19.9 Å². The second-order valence-electron chi connectivity index (χ2n) is 6.46. The minimum absolute atomic E-state index is 0.0790. The number of nitrogens with two attached hydrogens (primary N) is 1. The van der Waals surface area contributed by atoms with Gasteiger partial charge in [0.25, 0.3) is 0 Å². The van der Waals surface area contributed by atoms with E-state index in [-0.39, 0.29) is 5.91 Å². The molecule has 0 aliphatic heterocycles. The maximum atomic E-state index is 11.9. The van der Waals surface area contributed by atoms with Gasteiger partial charge in [0.15, 0.2) is 5.82 Å². The number of aryl methyl sites for hydroxylation is 1. The summed E-state index contributed by atoms with van der Waals surface area (Å²) in [6, 6.07) is 11.9. The van der Waals surface area contributed by atoms with Crippen molar-refractivity contribution >= 4 is 45.0 Å². The van der Waals surface area contributed by atoms with Crippen LogP contribution < -0.4 is 11.1 Å². The lowest BCUT2D eigenvalue weighted by molar-refractivity contribution is -0.120. The number of rotatable bonds is 7. The van der Waals surface area contributed by atoms with Gasteiger partial charge in [-0.05, 0) is 30.4 Å². The molecule has 1 aromatic carbocycles. The number of amides is 1. The van der Waals surface area contributed by atoms with Gasteiger partial charge in [-0.15, -0.1) is 11.3 Å². The molecule has 3 N–H and O–H groups in total. The molecule has 0 unspecified atom stereocenters. The summed E-state index contributed by atoms with van der Waals surface area (Å²) >= 11 is 1.61. The summed E-state index contributed by atoms with van der Waals surface area (Å²) in [6.07, 6.45) is 4.14. The number of carbonyl (C=O) groups is 1. The van der Waals surface area contributed by atoms with E-state index in [1.165, 1.54) is 0 Å². The molecule has 0 saturated carbocycles.